The number of hydrogen-bond donors (Lipinski definition) is 1. The van der Waals surface area contributed by atoms with Gasteiger partial charge in [0.15, 0.2) is 5.50 Å². The van der Waals surface area contributed by atoms with Crippen LogP contribution in [0.4, 0.5) is 10.5 Å². The Morgan fingerprint density at radius 3 is 2.11 bits per heavy atom. The molecule has 0 heterocycles. The van der Waals surface area contributed by atoms with Gasteiger partial charge in [-0.3, -0.25) is 0 Å². The van der Waals surface area contributed by atoms with Crippen molar-refractivity contribution in [2.45, 2.75) is 26.0 Å². The van der Waals surface area contributed by atoms with Crippen LogP contribution in [0.2, 0.25) is 5.02 Å². The summed E-state index contributed by atoms with van der Waals surface area (Å²) in [5, 5.41) is 3.04. The van der Waals surface area contributed by atoms with Crippen LogP contribution >= 0.6 is 58.0 Å². The molecule has 2 aromatic carbocycles. The first-order chi connectivity index (χ1) is 12.8. The summed E-state index contributed by atoms with van der Waals surface area (Å²) in [4.78, 5) is 13.5. The molecule has 0 aliphatic rings. The lowest BCUT2D eigenvalue weighted by atomic mass is 10.2. The average molecular weight is 505 g/mol. The highest BCUT2D eigenvalue weighted by Crippen LogP contribution is 2.35. The summed E-state index contributed by atoms with van der Waals surface area (Å²) in [6, 6.07) is 9.54. The number of hydrogen-bond acceptors (Lipinski definition) is 3. The first kappa shape index (κ1) is 23.4. The van der Waals surface area contributed by atoms with Gasteiger partial charge in [-0.05, 0) is 55.0 Å². The second-order valence-electron chi connectivity index (χ2n) is 5.85. The van der Waals surface area contributed by atoms with E-state index >= 15 is 0 Å². The fraction of sp³-hybridized carbons (Fsp3) is 0.235. The summed E-state index contributed by atoms with van der Waals surface area (Å²) in [7, 11) is -2.36. The normalized spacial score (nSPS) is 13.1. The van der Waals surface area contributed by atoms with Crippen molar-refractivity contribution < 1.29 is 13.2 Å². The summed E-state index contributed by atoms with van der Waals surface area (Å²) in [6.07, 6.45) is 0. The summed E-state index contributed by atoms with van der Waals surface area (Å²) in [6.45, 7) is 1.66. The van der Waals surface area contributed by atoms with Crippen molar-refractivity contribution in [2.75, 3.05) is 12.4 Å². The minimum Gasteiger partial charge on any atom is -0.308 e. The Balaban J connectivity index is 2.25. The number of sulfone groups is 1. The maximum atomic E-state index is 12.7. The number of carbonyl (C=O) groups excluding carboxylic acids is 1. The lowest BCUT2D eigenvalue weighted by Gasteiger charge is -2.28. The summed E-state index contributed by atoms with van der Waals surface area (Å²) < 4.78 is 23.6. The molecule has 0 aromatic heterocycles. The summed E-state index contributed by atoms with van der Waals surface area (Å²) in [5.74, 6) is 0. The Morgan fingerprint density at radius 2 is 1.61 bits per heavy atom. The molecule has 28 heavy (non-hydrogen) atoms. The zero-order valence-corrected chi connectivity index (χ0v) is 19.2. The van der Waals surface area contributed by atoms with Crippen molar-refractivity contribution in [1.82, 2.24) is 4.90 Å². The van der Waals surface area contributed by atoms with E-state index in [0.717, 1.165) is 4.90 Å². The molecule has 0 bridgehead atoms. The molecule has 0 saturated carbocycles. The number of nitrogens with zero attached hydrogens (tertiary/aromatic N) is 1. The largest absolute Gasteiger partial charge is 0.322 e. The Labute approximate surface area is 188 Å². The monoisotopic (exact) mass is 502 g/mol. The van der Waals surface area contributed by atoms with Crippen LogP contribution in [0.5, 0.6) is 0 Å². The Morgan fingerprint density at radius 1 is 1.07 bits per heavy atom. The topological polar surface area (TPSA) is 66.5 Å². The van der Waals surface area contributed by atoms with Crippen molar-refractivity contribution >= 4 is 79.6 Å². The maximum Gasteiger partial charge on any atom is 0.322 e. The van der Waals surface area contributed by atoms with E-state index in [0.29, 0.717) is 16.3 Å². The lowest BCUT2D eigenvalue weighted by molar-refractivity contribution is 0.218. The van der Waals surface area contributed by atoms with Crippen LogP contribution in [0.3, 0.4) is 0 Å². The number of anilines is 1. The van der Waals surface area contributed by atoms with E-state index in [1.807, 2.05) is 0 Å². The highest BCUT2D eigenvalue weighted by molar-refractivity contribution is 7.91. The van der Waals surface area contributed by atoms with Gasteiger partial charge in [0, 0.05) is 17.8 Å². The van der Waals surface area contributed by atoms with Crippen LogP contribution in [0, 0.1) is 6.92 Å². The molecule has 0 spiro atoms. The molecule has 5 nitrogen and oxygen atoms in total. The van der Waals surface area contributed by atoms with E-state index in [1.54, 1.807) is 6.92 Å². The van der Waals surface area contributed by atoms with Crippen molar-refractivity contribution in [3.63, 3.8) is 0 Å². The second kappa shape index (κ2) is 8.86. The van der Waals surface area contributed by atoms with E-state index in [1.165, 1.54) is 49.5 Å². The molecule has 2 aromatic rings. The Kier molecular flexibility index (Phi) is 7.40. The molecule has 1 atom stereocenters. The number of alkyl halides is 4. The third-order valence-corrected chi connectivity index (χ3v) is 7.40. The molecule has 0 saturated heterocycles. The van der Waals surface area contributed by atoms with E-state index in [4.69, 9.17) is 58.0 Å². The lowest BCUT2D eigenvalue weighted by Crippen LogP contribution is -2.43. The van der Waals surface area contributed by atoms with Gasteiger partial charge in [-0.25, -0.2) is 13.2 Å². The molecule has 0 aliphatic carbocycles. The van der Waals surface area contributed by atoms with Gasteiger partial charge >= 0.3 is 6.03 Å². The number of carbonyl (C=O) groups is 1. The quantitative estimate of drug-likeness (QED) is 0.418. The zero-order chi connectivity index (χ0) is 21.3. The third-order valence-electron chi connectivity index (χ3n) is 3.80. The number of nitrogens with one attached hydrogen (secondary N) is 1. The zero-order valence-electron chi connectivity index (χ0n) is 14.6. The van der Waals surface area contributed by atoms with Gasteiger partial charge in [0.05, 0.1) is 9.79 Å². The number of amides is 2. The maximum absolute atomic E-state index is 12.7. The van der Waals surface area contributed by atoms with Gasteiger partial charge in [0.1, 0.15) is 0 Å². The molecular weight excluding hydrogens is 490 g/mol. The van der Waals surface area contributed by atoms with Gasteiger partial charge in [-0.2, -0.15) is 0 Å². The predicted molar refractivity (Wildman–Crippen MR) is 115 cm³/mol. The highest BCUT2D eigenvalue weighted by Gasteiger charge is 2.36. The van der Waals surface area contributed by atoms with E-state index in [-0.39, 0.29) is 9.79 Å². The van der Waals surface area contributed by atoms with Crippen LogP contribution in [0.1, 0.15) is 5.56 Å². The van der Waals surface area contributed by atoms with E-state index < -0.39 is 25.2 Å². The summed E-state index contributed by atoms with van der Waals surface area (Å²) >= 11 is 28.9. The van der Waals surface area contributed by atoms with Crippen molar-refractivity contribution in [1.29, 1.82) is 0 Å². The van der Waals surface area contributed by atoms with Crippen LogP contribution < -0.4 is 5.32 Å². The highest BCUT2D eigenvalue weighted by atomic mass is 35.6. The van der Waals surface area contributed by atoms with Gasteiger partial charge < -0.3 is 10.2 Å². The second-order valence-corrected chi connectivity index (χ2v) is 11.0. The number of urea groups is 1. The van der Waals surface area contributed by atoms with Crippen LogP contribution in [-0.2, 0) is 9.84 Å². The van der Waals surface area contributed by atoms with Gasteiger partial charge in [-0.15, -0.1) is 0 Å². The van der Waals surface area contributed by atoms with Crippen molar-refractivity contribution in [3.8, 4) is 0 Å². The minimum atomic E-state index is -3.73. The first-order valence-electron chi connectivity index (χ1n) is 7.70. The van der Waals surface area contributed by atoms with E-state index in [9.17, 15) is 13.2 Å². The van der Waals surface area contributed by atoms with Crippen molar-refractivity contribution in [3.05, 3.63) is 53.1 Å². The Bertz CT molecular complexity index is 975. The number of benzene rings is 2. The summed E-state index contributed by atoms with van der Waals surface area (Å²) in [5.41, 5.74) is -0.292. The average Bonchev–Trinajstić information content (AvgIpc) is 2.61. The van der Waals surface area contributed by atoms with Crippen LogP contribution in [-0.4, -0.2) is 35.7 Å². The fourth-order valence-electron chi connectivity index (χ4n) is 2.22. The smallest absolute Gasteiger partial charge is 0.308 e. The molecule has 0 aliphatic heterocycles. The van der Waals surface area contributed by atoms with Gasteiger partial charge in [0.2, 0.25) is 13.6 Å². The third kappa shape index (κ3) is 5.38. The first-order valence-corrected chi connectivity index (χ1v) is 11.1. The molecule has 2 amide bonds. The molecular formula is C17H15Cl5N2O3S. The number of rotatable bonds is 4. The molecule has 1 unspecified atom stereocenters. The molecule has 0 fully saturated rings. The van der Waals surface area contributed by atoms with E-state index in [2.05, 4.69) is 5.32 Å². The van der Waals surface area contributed by atoms with Crippen LogP contribution in [0.25, 0.3) is 0 Å². The SMILES string of the molecule is Cc1cc(S(=O)(=O)c2ccc(Cl)cc2)ccc1NC(=O)N(C)C(Cl)C(Cl)(Cl)Cl. The minimum absolute atomic E-state index is 0.0789. The predicted octanol–water partition coefficient (Wildman–Crippen LogP) is 5.88. The molecule has 1 N–H and O–H groups in total. The van der Waals surface area contributed by atoms with Crippen LogP contribution in [0.15, 0.2) is 52.3 Å². The molecule has 0 radical (unpaired) electrons. The van der Waals surface area contributed by atoms with Gasteiger partial charge in [0.25, 0.3) is 0 Å². The molecule has 152 valence electrons. The number of aryl methyl sites for hydroxylation is 1. The van der Waals surface area contributed by atoms with Gasteiger partial charge in [-0.1, -0.05) is 58.0 Å². The molecule has 2 rings (SSSR count). The molecule has 11 heteroatoms. The standard InChI is InChI=1S/C17H15Cl5N2O3S/c1-10-9-13(28(26,27)12-5-3-11(18)4-6-12)7-8-14(10)23-16(25)24(2)15(19)17(20,21)22/h3-9,15H,1-2H3,(H,23,25). The Hall–Kier alpha value is -0.890. The number of halogens is 5. The van der Waals surface area contributed by atoms with Crippen molar-refractivity contribution in [2.24, 2.45) is 0 Å². The fourth-order valence-corrected chi connectivity index (χ4v) is 4.22.